The van der Waals surface area contributed by atoms with E-state index in [9.17, 15) is 0 Å². The van der Waals surface area contributed by atoms with Gasteiger partial charge in [-0.3, -0.25) is 0 Å². The van der Waals surface area contributed by atoms with Crippen molar-refractivity contribution in [1.82, 2.24) is 9.97 Å². The van der Waals surface area contributed by atoms with E-state index in [1.54, 1.807) is 7.11 Å². The largest absolute Gasteiger partial charge is 0.496 e. The first kappa shape index (κ1) is 14.3. The van der Waals surface area contributed by atoms with Gasteiger partial charge in [-0.25, -0.2) is 9.97 Å². The number of nitrogens with zero attached hydrogens (tertiary/aromatic N) is 3. The second kappa shape index (κ2) is 6.86. The molecule has 0 saturated carbocycles. The van der Waals surface area contributed by atoms with Gasteiger partial charge in [-0.2, -0.15) is 0 Å². The minimum Gasteiger partial charge on any atom is -0.496 e. The van der Waals surface area contributed by atoms with E-state index in [1.165, 1.54) is 0 Å². The molecule has 106 valence electrons. The van der Waals surface area contributed by atoms with Gasteiger partial charge in [0.15, 0.2) is 0 Å². The highest BCUT2D eigenvalue weighted by Gasteiger charge is 2.08. The zero-order valence-corrected chi connectivity index (χ0v) is 11.9. The van der Waals surface area contributed by atoms with E-state index in [4.69, 9.17) is 10.5 Å². The minimum atomic E-state index is 0.611. The smallest absolute Gasteiger partial charge is 0.225 e. The van der Waals surface area contributed by atoms with Crippen molar-refractivity contribution in [3.8, 4) is 5.75 Å². The predicted octanol–water partition coefficient (Wildman–Crippen LogP) is 1.62. The van der Waals surface area contributed by atoms with Crippen LogP contribution in [-0.4, -0.2) is 30.7 Å². The number of anilines is 1. The molecule has 2 aromatic rings. The maximum atomic E-state index is 5.51. The Bertz CT molecular complexity index is 542. The molecule has 5 heteroatoms. The maximum absolute atomic E-state index is 5.51. The van der Waals surface area contributed by atoms with E-state index in [0.717, 1.165) is 23.3 Å². The molecule has 0 atom stereocenters. The van der Waals surface area contributed by atoms with Crippen LogP contribution in [-0.2, 0) is 13.0 Å². The summed E-state index contributed by atoms with van der Waals surface area (Å²) >= 11 is 0. The summed E-state index contributed by atoms with van der Waals surface area (Å²) in [6.07, 6.45) is 4.46. The fourth-order valence-electron chi connectivity index (χ4n) is 2.00. The quantitative estimate of drug-likeness (QED) is 0.865. The van der Waals surface area contributed by atoms with Crippen LogP contribution in [0.15, 0.2) is 36.7 Å². The van der Waals surface area contributed by atoms with Crippen LogP contribution in [0, 0.1) is 0 Å². The van der Waals surface area contributed by atoms with Crippen molar-refractivity contribution in [1.29, 1.82) is 0 Å². The molecule has 0 bridgehead atoms. The summed E-state index contributed by atoms with van der Waals surface area (Å²) in [7, 11) is 3.64. The van der Waals surface area contributed by atoms with Crippen LogP contribution in [0.1, 0.15) is 11.1 Å². The topological polar surface area (TPSA) is 64.3 Å². The monoisotopic (exact) mass is 272 g/mol. The molecule has 1 aromatic carbocycles. The third kappa shape index (κ3) is 3.45. The van der Waals surface area contributed by atoms with Gasteiger partial charge in [-0.05, 0) is 24.6 Å². The number of hydrogen-bond acceptors (Lipinski definition) is 5. The molecule has 0 unspecified atom stereocenters. The molecule has 0 aliphatic heterocycles. The zero-order chi connectivity index (χ0) is 14.4. The second-order valence-electron chi connectivity index (χ2n) is 4.60. The van der Waals surface area contributed by atoms with E-state index in [-0.39, 0.29) is 0 Å². The first-order chi connectivity index (χ1) is 9.74. The highest BCUT2D eigenvalue weighted by atomic mass is 16.5. The number of aromatic nitrogens is 2. The molecule has 0 aliphatic rings. The van der Waals surface area contributed by atoms with Gasteiger partial charge >= 0.3 is 0 Å². The molecule has 2 N–H and O–H groups in total. The molecule has 0 amide bonds. The van der Waals surface area contributed by atoms with E-state index in [2.05, 4.69) is 9.97 Å². The number of hydrogen-bond donors (Lipinski definition) is 1. The average Bonchev–Trinajstić information content (AvgIpc) is 2.49. The molecule has 0 radical (unpaired) electrons. The summed E-state index contributed by atoms with van der Waals surface area (Å²) in [6.45, 7) is 1.31. The SMILES string of the molecule is COc1ccccc1CN(C)c1ncc(CCN)cn1. The second-order valence-corrected chi connectivity index (χ2v) is 4.60. The fourth-order valence-corrected chi connectivity index (χ4v) is 2.00. The molecular weight excluding hydrogens is 252 g/mol. The zero-order valence-electron chi connectivity index (χ0n) is 11.9. The molecule has 0 saturated heterocycles. The van der Waals surface area contributed by atoms with Gasteiger partial charge in [0.25, 0.3) is 0 Å². The first-order valence-corrected chi connectivity index (χ1v) is 6.58. The third-order valence-corrected chi connectivity index (χ3v) is 3.07. The van der Waals surface area contributed by atoms with Crippen molar-refractivity contribution in [3.63, 3.8) is 0 Å². The minimum absolute atomic E-state index is 0.611. The normalized spacial score (nSPS) is 10.3. The Kier molecular flexibility index (Phi) is 4.90. The van der Waals surface area contributed by atoms with Crippen molar-refractivity contribution < 1.29 is 4.74 Å². The lowest BCUT2D eigenvalue weighted by Crippen LogP contribution is -2.19. The summed E-state index contributed by atoms with van der Waals surface area (Å²) in [4.78, 5) is 10.7. The number of para-hydroxylation sites is 1. The van der Waals surface area contributed by atoms with Crippen LogP contribution in [0.5, 0.6) is 5.75 Å². The summed E-state index contributed by atoms with van der Waals surface area (Å²) < 4.78 is 5.35. The summed E-state index contributed by atoms with van der Waals surface area (Å²) in [5.74, 6) is 1.57. The standard InChI is InChI=1S/C15H20N4O/c1-19(11-13-5-3-4-6-14(13)20-2)15-17-9-12(7-8-16)10-18-15/h3-6,9-10H,7-8,11,16H2,1-2H3. The highest BCUT2D eigenvalue weighted by molar-refractivity contribution is 5.38. The van der Waals surface area contributed by atoms with Crippen LogP contribution >= 0.6 is 0 Å². The van der Waals surface area contributed by atoms with Crippen LogP contribution in [0.4, 0.5) is 5.95 Å². The summed E-state index contributed by atoms with van der Waals surface area (Å²) in [5, 5.41) is 0. The Balaban J connectivity index is 2.09. The number of rotatable bonds is 6. The lowest BCUT2D eigenvalue weighted by atomic mass is 10.2. The van der Waals surface area contributed by atoms with Crippen molar-refractivity contribution in [2.45, 2.75) is 13.0 Å². The molecule has 0 aliphatic carbocycles. The maximum Gasteiger partial charge on any atom is 0.225 e. The molecular formula is C15H20N4O. The van der Waals surface area contributed by atoms with Crippen molar-refractivity contribution in [2.75, 3.05) is 25.6 Å². The Morgan fingerprint density at radius 3 is 2.55 bits per heavy atom. The third-order valence-electron chi connectivity index (χ3n) is 3.07. The van der Waals surface area contributed by atoms with Gasteiger partial charge in [0.05, 0.1) is 7.11 Å². The first-order valence-electron chi connectivity index (χ1n) is 6.58. The van der Waals surface area contributed by atoms with Gasteiger partial charge in [0.1, 0.15) is 5.75 Å². The van der Waals surface area contributed by atoms with Gasteiger partial charge in [-0.1, -0.05) is 18.2 Å². The molecule has 1 aromatic heterocycles. The van der Waals surface area contributed by atoms with Crippen molar-refractivity contribution in [2.24, 2.45) is 5.73 Å². The van der Waals surface area contributed by atoms with Crippen LogP contribution in [0.2, 0.25) is 0 Å². The fraction of sp³-hybridized carbons (Fsp3) is 0.333. The Morgan fingerprint density at radius 2 is 1.90 bits per heavy atom. The van der Waals surface area contributed by atoms with Crippen LogP contribution in [0.3, 0.4) is 0 Å². The lowest BCUT2D eigenvalue weighted by molar-refractivity contribution is 0.409. The van der Waals surface area contributed by atoms with E-state index in [0.29, 0.717) is 19.0 Å². The van der Waals surface area contributed by atoms with Crippen LogP contribution < -0.4 is 15.4 Å². The number of ether oxygens (including phenoxy) is 1. The molecule has 2 rings (SSSR count). The molecule has 0 fully saturated rings. The predicted molar refractivity (Wildman–Crippen MR) is 79.9 cm³/mol. The van der Waals surface area contributed by atoms with Gasteiger partial charge < -0.3 is 15.4 Å². The average molecular weight is 272 g/mol. The van der Waals surface area contributed by atoms with Gasteiger partial charge in [0.2, 0.25) is 5.95 Å². The van der Waals surface area contributed by atoms with Crippen molar-refractivity contribution >= 4 is 5.95 Å². The Labute approximate surface area is 119 Å². The number of methoxy groups -OCH3 is 1. The lowest BCUT2D eigenvalue weighted by Gasteiger charge is -2.18. The molecule has 1 heterocycles. The van der Waals surface area contributed by atoms with E-state index in [1.807, 2.05) is 48.6 Å². The van der Waals surface area contributed by atoms with Gasteiger partial charge in [-0.15, -0.1) is 0 Å². The Morgan fingerprint density at radius 1 is 1.20 bits per heavy atom. The number of benzene rings is 1. The summed E-state index contributed by atoms with van der Waals surface area (Å²) in [5.41, 5.74) is 7.67. The molecule has 20 heavy (non-hydrogen) atoms. The molecule has 5 nitrogen and oxygen atoms in total. The molecule has 0 spiro atoms. The van der Waals surface area contributed by atoms with E-state index < -0.39 is 0 Å². The highest BCUT2D eigenvalue weighted by Crippen LogP contribution is 2.20. The van der Waals surface area contributed by atoms with Crippen molar-refractivity contribution in [3.05, 3.63) is 47.8 Å². The Hall–Kier alpha value is -2.14. The van der Waals surface area contributed by atoms with Crippen LogP contribution in [0.25, 0.3) is 0 Å². The van der Waals surface area contributed by atoms with E-state index >= 15 is 0 Å². The number of nitrogens with two attached hydrogens (primary N) is 1. The van der Waals surface area contributed by atoms with Gasteiger partial charge in [0, 0.05) is 31.5 Å². The summed E-state index contributed by atoms with van der Waals surface area (Å²) in [6, 6.07) is 7.95.